The Bertz CT molecular complexity index is 347. The molecular formula is C10H19N5OS. The first-order valence-corrected chi connectivity index (χ1v) is 6.62. The Morgan fingerprint density at radius 1 is 1.35 bits per heavy atom. The lowest BCUT2D eigenvalue weighted by Crippen LogP contribution is -2.13. The van der Waals surface area contributed by atoms with Crippen LogP contribution >= 0.6 is 11.8 Å². The molecule has 0 fully saturated rings. The molecule has 0 unspecified atom stereocenters. The Hall–Kier alpha value is -1.08. The minimum absolute atomic E-state index is 0.320. The number of anilines is 1. The van der Waals surface area contributed by atoms with Gasteiger partial charge in [0.15, 0.2) is 5.16 Å². The van der Waals surface area contributed by atoms with Crippen LogP contribution in [0.1, 0.15) is 27.2 Å². The van der Waals surface area contributed by atoms with E-state index in [4.69, 9.17) is 10.6 Å². The number of thioether (sulfide) groups is 1. The zero-order chi connectivity index (χ0) is 12.7. The average molecular weight is 257 g/mol. The van der Waals surface area contributed by atoms with Gasteiger partial charge in [-0.05, 0) is 12.3 Å². The predicted molar refractivity (Wildman–Crippen MR) is 69.0 cm³/mol. The van der Waals surface area contributed by atoms with Crippen molar-refractivity contribution in [2.75, 3.05) is 17.8 Å². The SMILES string of the molecule is CCCOc1nc(NN)nc(SCC(C)C)n1. The molecular weight excluding hydrogens is 238 g/mol. The Morgan fingerprint density at radius 2 is 2.12 bits per heavy atom. The largest absolute Gasteiger partial charge is 0.463 e. The Labute approximate surface area is 106 Å². The Morgan fingerprint density at radius 3 is 2.71 bits per heavy atom. The van der Waals surface area contributed by atoms with Crippen LogP contribution in [0.3, 0.4) is 0 Å². The van der Waals surface area contributed by atoms with Crippen LogP contribution in [0.4, 0.5) is 5.95 Å². The fourth-order valence-electron chi connectivity index (χ4n) is 0.966. The van der Waals surface area contributed by atoms with Crippen molar-refractivity contribution in [1.82, 2.24) is 15.0 Å². The van der Waals surface area contributed by atoms with E-state index in [0.29, 0.717) is 29.6 Å². The molecule has 0 aromatic carbocycles. The summed E-state index contributed by atoms with van der Waals surface area (Å²) in [5.41, 5.74) is 2.42. The molecule has 96 valence electrons. The van der Waals surface area contributed by atoms with Crippen molar-refractivity contribution in [1.29, 1.82) is 0 Å². The summed E-state index contributed by atoms with van der Waals surface area (Å²) in [5.74, 6) is 7.16. The van der Waals surface area contributed by atoms with Crippen LogP contribution in [0.2, 0.25) is 0 Å². The number of nitrogens with two attached hydrogens (primary N) is 1. The van der Waals surface area contributed by atoms with Crippen molar-refractivity contribution in [3.05, 3.63) is 0 Å². The molecule has 0 radical (unpaired) electrons. The van der Waals surface area contributed by atoms with E-state index < -0.39 is 0 Å². The molecule has 0 saturated carbocycles. The van der Waals surface area contributed by atoms with Gasteiger partial charge >= 0.3 is 6.01 Å². The van der Waals surface area contributed by atoms with Crippen LogP contribution in [-0.2, 0) is 0 Å². The number of hydrazine groups is 1. The first kappa shape index (κ1) is 14.0. The van der Waals surface area contributed by atoms with Gasteiger partial charge in [-0.15, -0.1) is 0 Å². The van der Waals surface area contributed by atoms with Gasteiger partial charge in [0, 0.05) is 5.75 Å². The summed E-state index contributed by atoms with van der Waals surface area (Å²) in [6.07, 6.45) is 0.908. The summed E-state index contributed by atoms with van der Waals surface area (Å²) in [4.78, 5) is 12.4. The zero-order valence-corrected chi connectivity index (χ0v) is 11.3. The van der Waals surface area contributed by atoms with Crippen LogP contribution in [0.25, 0.3) is 0 Å². The van der Waals surface area contributed by atoms with Crippen LogP contribution in [-0.4, -0.2) is 27.3 Å². The number of hydrogen-bond acceptors (Lipinski definition) is 7. The number of nitrogen functional groups attached to an aromatic ring is 1. The topological polar surface area (TPSA) is 86.0 Å². The molecule has 6 nitrogen and oxygen atoms in total. The smallest absolute Gasteiger partial charge is 0.322 e. The van der Waals surface area contributed by atoms with Gasteiger partial charge in [0.1, 0.15) is 0 Å². The van der Waals surface area contributed by atoms with Crippen molar-refractivity contribution in [3.8, 4) is 6.01 Å². The van der Waals surface area contributed by atoms with E-state index in [1.165, 1.54) is 0 Å². The highest BCUT2D eigenvalue weighted by molar-refractivity contribution is 7.99. The highest BCUT2D eigenvalue weighted by atomic mass is 32.2. The van der Waals surface area contributed by atoms with Gasteiger partial charge < -0.3 is 4.74 Å². The van der Waals surface area contributed by atoms with Crippen molar-refractivity contribution in [3.63, 3.8) is 0 Å². The molecule has 1 aromatic heterocycles. The predicted octanol–water partition coefficient (Wildman–Crippen LogP) is 1.69. The molecule has 1 rings (SSSR count). The molecule has 1 heterocycles. The van der Waals surface area contributed by atoms with Crippen molar-refractivity contribution < 1.29 is 4.74 Å². The molecule has 0 aliphatic carbocycles. The molecule has 0 bridgehead atoms. The molecule has 17 heavy (non-hydrogen) atoms. The van der Waals surface area contributed by atoms with E-state index in [1.54, 1.807) is 11.8 Å². The minimum Gasteiger partial charge on any atom is -0.463 e. The molecule has 0 saturated heterocycles. The lowest BCUT2D eigenvalue weighted by Gasteiger charge is -2.07. The maximum atomic E-state index is 5.37. The zero-order valence-electron chi connectivity index (χ0n) is 10.4. The second-order valence-corrected chi connectivity index (χ2v) is 4.91. The molecule has 0 aliphatic heterocycles. The van der Waals surface area contributed by atoms with E-state index >= 15 is 0 Å². The highest BCUT2D eigenvalue weighted by Crippen LogP contribution is 2.19. The summed E-state index contributed by atoms with van der Waals surface area (Å²) < 4.78 is 5.37. The maximum absolute atomic E-state index is 5.37. The number of aromatic nitrogens is 3. The monoisotopic (exact) mass is 257 g/mol. The van der Waals surface area contributed by atoms with Crippen LogP contribution in [0.15, 0.2) is 5.16 Å². The molecule has 0 spiro atoms. The van der Waals surface area contributed by atoms with E-state index in [9.17, 15) is 0 Å². The second-order valence-electron chi connectivity index (χ2n) is 3.92. The summed E-state index contributed by atoms with van der Waals surface area (Å²) in [6, 6.07) is 0.320. The van der Waals surface area contributed by atoms with Crippen LogP contribution in [0, 0.1) is 5.92 Å². The molecule has 3 N–H and O–H groups in total. The lowest BCUT2D eigenvalue weighted by atomic mass is 10.3. The third kappa shape index (κ3) is 5.18. The number of rotatable bonds is 7. The van der Waals surface area contributed by atoms with E-state index in [0.717, 1.165) is 12.2 Å². The summed E-state index contributed by atoms with van der Waals surface area (Å²) >= 11 is 1.57. The molecule has 0 amide bonds. The average Bonchev–Trinajstić information content (AvgIpc) is 2.33. The Kier molecular flexibility index (Phi) is 5.99. The van der Waals surface area contributed by atoms with Crippen molar-refractivity contribution in [2.24, 2.45) is 11.8 Å². The molecule has 1 aromatic rings. The van der Waals surface area contributed by atoms with E-state index in [2.05, 4.69) is 34.2 Å². The maximum Gasteiger partial charge on any atom is 0.322 e. The third-order valence-electron chi connectivity index (χ3n) is 1.70. The number of hydrogen-bond donors (Lipinski definition) is 2. The molecule has 7 heteroatoms. The summed E-state index contributed by atoms with van der Waals surface area (Å²) in [5, 5.41) is 0.632. The fraction of sp³-hybridized carbons (Fsp3) is 0.700. The van der Waals surface area contributed by atoms with Gasteiger partial charge in [-0.25, -0.2) is 5.84 Å². The van der Waals surface area contributed by atoms with E-state index in [-0.39, 0.29) is 0 Å². The third-order valence-corrected chi connectivity index (χ3v) is 2.98. The van der Waals surface area contributed by atoms with Gasteiger partial charge in [-0.1, -0.05) is 32.5 Å². The number of ether oxygens (including phenoxy) is 1. The van der Waals surface area contributed by atoms with Crippen LogP contribution < -0.4 is 16.0 Å². The summed E-state index contributed by atoms with van der Waals surface area (Å²) in [7, 11) is 0. The summed E-state index contributed by atoms with van der Waals surface area (Å²) in [6.45, 7) is 6.90. The standard InChI is InChI=1S/C10H19N5OS/c1-4-5-16-9-12-8(15-11)13-10(14-9)17-6-7(2)3/h7H,4-6,11H2,1-3H3,(H,12,13,14,15). The first-order chi connectivity index (χ1) is 8.15. The highest BCUT2D eigenvalue weighted by Gasteiger charge is 2.08. The lowest BCUT2D eigenvalue weighted by molar-refractivity contribution is 0.288. The van der Waals surface area contributed by atoms with Gasteiger partial charge in [-0.3, -0.25) is 5.43 Å². The van der Waals surface area contributed by atoms with E-state index in [1.807, 2.05) is 6.92 Å². The van der Waals surface area contributed by atoms with Gasteiger partial charge in [0.2, 0.25) is 5.95 Å². The molecule has 0 aliphatic rings. The molecule has 0 atom stereocenters. The minimum atomic E-state index is 0.320. The quantitative estimate of drug-likeness (QED) is 0.436. The van der Waals surface area contributed by atoms with Crippen molar-refractivity contribution in [2.45, 2.75) is 32.3 Å². The second kappa shape index (κ2) is 7.29. The van der Waals surface area contributed by atoms with Crippen LogP contribution in [0.5, 0.6) is 6.01 Å². The van der Waals surface area contributed by atoms with Gasteiger partial charge in [-0.2, -0.15) is 15.0 Å². The van der Waals surface area contributed by atoms with Gasteiger partial charge in [0.25, 0.3) is 0 Å². The van der Waals surface area contributed by atoms with Crippen molar-refractivity contribution >= 4 is 17.7 Å². The number of nitrogens with one attached hydrogen (secondary N) is 1. The normalized spacial score (nSPS) is 10.6. The number of nitrogens with zero attached hydrogens (tertiary/aromatic N) is 3. The van der Waals surface area contributed by atoms with Gasteiger partial charge in [0.05, 0.1) is 6.61 Å². The Balaban J connectivity index is 2.73. The fourth-order valence-corrected chi connectivity index (χ4v) is 1.74. The first-order valence-electron chi connectivity index (χ1n) is 5.64.